The number of carbonyl (C=O) groups is 1. The number of esters is 1. The summed E-state index contributed by atoms with van der Waals surface area (Å²) in [5, 5.41) is 0. The van der Waals surface area contributed by atoms with Crippen molar-refractivity contribution in [3.63, 3.8) is 0 Å². The van der Waals surface area contributed by atoms with E-state index in [0.717, 1.165) is 5.56 Å². The van der Waals surface area contributed by atoms with Gasteiger partial charge in [0.2, 0.25) is 0 Å². The molecular weight excluding hydrogens is 171 g/mol. The summed E-state index contributed by atoms with van der Waals surface area (Å²) in [6.07, 6.45) is 2.66. The van der Waals surface area contributed by atoms with Gasteiger partial charge in [0.15, 0.2) is 0 Å². The average molecular weight is 178 g/mol. The number of rotatable bonds is 1. The molecule has 13 heavy (non-hydrogen) atoms. The second kappa shape index (κ2) is 3.01. The molecule has 0 aromatic heterocycles. The van der Waals surface area contributed by atoms with E-state index >= 15 is 0 Å². The first-order valence-electron chi connectivity index (χ1n) is 3.90. The molecular formula is C10H7FO2. The quantitative estimate of drug-likeness (QED) is 0.614. The van der Waals surface area contributed by atoms with E-state index < -0.39 is 0 Å². The van der Waals surface area contributed by atoms with E-state index in [2.05, 4.69) is 0 Å². The monoisotopic (exact) mass is 178 g/mol. The van der Waals surface area contributed by atoms with Crippen molar-refractivity contribution in [2.24, 2.45) is 0 Å². The standard InChI is InChI=1S/C10H7FO2/c11-8-3-1-7(2-4-8)9-5-6-10(12)13-9/h1-6,9H. The van der Waals surface area contributed by atoms with Crippen molar-refractivity contribution in [2.75, 3.05) is 0 Å². The lowest BCUT2D eigenvalue weighted by atomic mass is 10.1. The number of halogens is 1. The molecule has 2 nitrogen and oxygen atoms in total. The lowest BCUT2D eigenvalue weighted by Crippen LogP contribution is -1.99. The van der Waals surface area contributed by atoms with E-state index in [4.69, 9.17) is 4.74 Å². The van der Waals surface area contributed by atoms with Crippen molar-refractivity contribution in [1.29, 1.82) is 0 Å². The van der Waals surface area contributed by atoms with Crippen molar-refractivity contribution >= 4 is 5.97 Å². The molecule has 0 amide bonds. The van der Waals surface area contributed by atoms with Crippen LogP contribution < -0.4 is 0 Å². The molecule has 0 bridgehead atoms. The van der Waals surface area contributed by atoms with Crippen LogP contribution in [0.15, 0.2) is 36.4 Å². The van der Waals surface area contributed by atoms with Crippen LogP contribution in [0.3, 0.4) is 0 Å². The van der Waals surface area contributed by atoms with E-state index in [1.54, 1.807) is 18.2 Å². The number of hydrogen-bond acceptors (Lipinski definition) is 2. The van der Waals surface area contributed by atoms with E-state index in [1.807, 2.05) is 0 Å². The maximum Gasteiger partial charge on any atom is 0.331 e. The molecule has 1 aromatic rings. The molecule has 1 aliphatic heterocycles. The minimum atomic E-state index is -0.354. The zero-order chi connectivity index (χ0) is 9.26. The average Bonchev–Trinajstić information content (AvgIpc) is 2.53. The van der Waals surface area contributed by atoms with Gasteiger partial charge in [-0.2, -0.15) is 0 Å². The third kappa shape index (κ3) is 1.59. The van der Waals surface area contributed by atoms with Crippen LogP contribution in [0.25, 0.3) is 0 Å². The smallest absolute Gasteiger partial charge is 0.331 e. The Morgan fingerprint density at radius 3 is 2.46 bits per heavy atom. The van der Waals surface area contributed by atoms with Crippen LogP contribution >= 0.6 is 0 Å². The Hall–Kier alpha value is -1.64. The largest absolute Gasteiger partial charge is 0.450 e. The molecule has 1 unspecified atom stereocenters. The van der Waals surface area contributed by atoms with Crippen LogP contribution in [-0.2, 0) is 9.53 Å². The van der Waals surface area contributed by atoms with Gasteiger partial charge in [0, 0.05) is 6.08 Å². The van der Waals surface area contributed by atoms with Gasteiger partial charge in [-0.3, -0.25) is 0 Å². The summed E-state index contributed by atoms with van der Waals surface area (Å²) in [6.45, 7) is 0. The van der Waals surface area contributed by atoms with Crippen molar-refractivity contribution in [3.05, 3.63) is 47.8 Å². The maximum absolute atomic E-state index is 12.5. The summed E-state index contributed by atoms with van der Waals surface area (Å²) in [5.74, 6) is -0.647. The van der Waals surface area contributed by atoms with Gasteiger partial charge >= 0.3 is 5.97 Å². The van der Waals surface area contributed by atoms with Crippen LogP contribution in [0, 0.1) is 5.82 Å². The van der Waals surface area contributed by atoms with Crippen LogP contribution in [0.5, 0.6) is 0 Å². The Morgan fingerprint density at radius 2 is 1.92 bits per heavy atom. The molecule has 66 valence electrons. The maximum atomic E-state index is 12.5. The molecule has 0 spiro atoms. The molecule has 3 heteroatoms. The van der Waals surface area contributed by atoms with E-state index in [1.165, 1.54) is 18.2 Å². The predicted molar refractivity (Wildman–Crippen MR) is 44.4 cm³/mol. The van der Waals surface area contributed by atoms with Gasteiger partial charge in [0.1, 0.15) is 11.9 Å². The molecule has 1 aromatic carbocycles. The Bertz CT molecular complexity index is 354. The normalized spacial score (nSPS) is 20.4. The highest BCUT2D eigenvalue weighted by Gasteiger charge is 2.17. The highest BCUT2D eigenvalue weighted by molar-refractivity contribution is 5.84. The first-order valence-corrected chi connectivity index (χ1v) is 3.90. The van der Waals surface area contributed by atoms with E-state index in [0.29, 0.717) is 0 Å². The summed E-state index contributed by atoms with van der Waals surface area (Å²) in [6, 6.07) is 5.89. The third-order valence-corrected chi connectivity index (χ3v) is 1.85. The second-order valence-corrected chi connectivity index (χ2v) is 2.77. The van der Waals surface area contributed by atoms with Crippen LogP contribution in [0.2, 0.25) is 0 Å². The Kier molecular flexibility index (Phi) is 1.85. The molecule has 0 radical (unpaired) electrons. The van der Waals surface area contributed by atoms with Gasteiger partial charge in [-0.05, 0) is 23.8 Å². The summed E-state index contributed by atoms with van der Waals surface area (Å²) >= 11 is 0. The predicted octanol–water partition coefficient (Wildman–Crippen LogP) is 1.98. The zero-order valence-corrected chi connectivity index (χ0v) is 6.74. The number of ether oxygens (including phenoxy) is 1. The molecule has 1 heterocycles. The van der Waals surface area contributed by atoms with E-state index in [9.17, 15) is 9.18 Å². The van der Waals surface area contributed by atoms with Gasteiger partial charge in [-0.1, -0.05) is 12.1 Å². The van der Waals surface area contributed by atoms with Crippen molar-refractivity contribution in [1.82, 2.24) is 0 Å². The summed E-state index contributed by atoms with van der Waals surface area (Å²) in [4.78, 5) is 10.7. The highest BCUT2D eigenvalue weighted by Crippen LogP contribution is 2.23. The van der Waals surface area contributed by atoms with Crippen LogP contribution in [0.4, 0.5) is 4.39 Å². The van der Waals surface area contributed by atoms with Gasteiger partial charge in [0.05, 0.1) is 0 Å². The second-order valence-electron chi connectivity index (χ2n) is 2.77. The van der Waals surface area contributed by atoms with Gasteiger partial charge < -0.3 is 4.74 Å². The summed E-state index contributed by atoms with van der Waals surface area (Å²) in [7, 11) is 0. The first kappa shape index (κ1) is 7.98. The molecule has 2 rings (SSSR count). The minimum absolute atomic E-state index is 0.294. The summed E-state index contributed by atoms with van der Waals surface area (Å²) in [5.41, 5.74) is 0.781. The highest BCUT2D eigenvalue weighted by atomic mass is 19.1. The number of carbonyl (C=O) groups excluding carboxylic acids is 1. The number of benzene rings is 1. The fourth-order valence-electron chi connectivity index (χ4n) is 1.20. The third-order valence-electron chi connectivity index (χ3n) is 1.85. The zero-order valence-electron chi connectivity index (χ0n) is 6.74. The lowest BCUT2D eigenvalue weighted by molar-refractivity contribution is -0.138. The molecule has 0 saturated heterocycles. The number of cyclic esters (lactones) is 1. The van der Waals surface area contributed by atoms with Gasteiger partial charge in [-0.15, -0.1) is 0 Å². The first-order chi connectivity index (χ1) is 6.25. The SMILES string of the molecule is O=C1C=CC(c2ccc(F)cc2)O1. The lowest BCUT2D eigenvalue weighted by Gasteiger charge is -2.07. The number of hydrogen-bond donors (Lipinski definition) is 0. The van der Waals surface area contributed by atoms with Crippen molar-refractivity contribution in [3.8, 4) is 0 Å². The van der Waals surface area contributed by atoms with Gasteiger partial charge in [0.25, 0.3) is 0 Å². The van der Waals surface area contributed by atoms with Crippen molar-refractivity contribution < 1.29 is 13.9 Å². The Morgan fingerprint density at radius 1 is 1.23 bits per heavy atom. The fraction of sp³-hybridized carbons (Fsp3) is 0.100. The molecule has 0 aliphatic carbocycles. The molecule has 1 aliphatic rings. The minimum Gasteiger partial charge on any atom is -0.450 e. The van der Waals surface area contributed by atoms with E-state index in [-0.39, 0.29) is 17.9 Å². The Balaban J connectivity index is 2.22. The molecule has 1 atom stereocenters. The van der Waals surface area contributed by atoms with Crippen molar-refractivity contribution in [2.45, 2.75) is 6.10 Å². The van der Waals surface area contributed by atoms with Crippen LogP contribution in [0.1, 0.15) is 11.7 Å². The molecule has 0 N–H and O–H groups in total. The fourth-order valence-corrected chi connectivity index (χ4v) is 1.20. The summed E-state index contributed by atoms with van der Waals surface area (Å²) < 4.78 is 17.4. The molecule has 0 saturated carbocycles. The van der Waals surface area contributed by atoms with Crippen LogP contribution in [-0.4, -0.2) is 5.97 Å². The Labute approximate surface area is 74.6 Å². The topological polar surface area (TPSA) is 26.3 Å². The molecule has 0 fully saturated rings. The van der Waals surface area contributed by atoms with Gasteiger partial charge in [-0.25, -0.2) is 9.18 Å².